The lowest BCUT2D eigenvalue weighted by atomic mass is 9.91. The first-order valence-corrected chi connectivity index (χ1v) is 23.9. The van der Waals surface area contributed by atoms with Crippen LogP contribution in [0.4, 0.5) is 0 Å². The molecule has 1 fully saturated rings. The fourth-order valence-corrected chi connectivity index (χ4v) is 8.18. The number of allylic oxidation sites excluding steroid dienone is 1. The summed E-state index contributed by atoms with van der Waals surface area (Å²) >= 11 is 0. The van der Waals surface area contributed by atoms with Gasteiger partial charge in [-0.15, -0.1) is 0 Å². The van der Waals surface area contributed by atoms with Crippen molar-refractivity contribution in [1.82, 2.24) is 4.57 Å². The van der Waals surface area contributed by atoms with E-state index in [1.165, 1.54) is 22.3 Å². The van der Waals surface area contributed by atoms with Crippen LogP contribution < -0.4 is 24.3 Å². The number of hydrogen-bond acceptors (Lipinski definition) is 7. The Labute approximate surface area is 304 Å². The van der Waals surface area contributed by atoms with Gasteiger partial charge >= 0.3 is 0 Å². The van der Waals surface area contributed by atoms with Crippen LogP contribution in [0.3, 0.4) is 0 Å². The first kappa shape index (κ1) is 36.9. The molecule has 274 valence electrons. The number of benzene rings is 2. The summed E-state index contributed by atoms with van der Waals surface area (Å²) in [6.07, 6.45) is 8.06. The summed E-state index contributed by atoms with van der Waals surface area (Å²) in [5.74, 6) is 3.36. The Morgan fingerprint density at radius 3 is 2.16 bits per heavy atom. The lowest BCUT2D eigenvalue weighted by Gasteiger charge is -2.37. The van der Waals surface area contributed by atoms with E-state index in [0.717, 1.165) is 50.8 Å². The third-order valence-corrected chi connectivity index (χ3v) is 20.0. The van der Waals surface area contributed by atoms with E-state index in [2.05, 4.69) is 104 Å². The van der Waals surface area contributed by atoms with Crippen LogP contribution in [0.1, 0.15) is 71.6 Å². The molecule has 0 saturated carbocycles. The Kier molecular flexibility index (Phi) is 9.84. The highest BCUT2D eigenvalue weighted by atomic mass is 28.4. The molecule has 10 heteroatoms. The molecule has 0 bridgehead atoms. The summed E-state index contributed by atoms with van der Waals surface area (Å²) in [7, 11) is -4.41. The van der Waals surface area contributed by atoms with Crippen LogP contribution in [-0.2, 0) is 15.7 Å². The van der Waals surface area contributed by atoms with Crippen LogP contribution >= 0.6 is 0 Å². The van der Waals surface area contributed by atoms with Crippen molar-refractivity contribution in [2.45, 2.75) is 103 Å². The van der Waals surface area contributed by atoms with Crippen LogP contribution in [-0.4, -0.2) is 51.2 Å². The first-order chi connectivity index (χ1) is 23.8. The van der Waals surface area contributed by atoms with Crippen molar-refractivity contribution in [3.63, 3.8) is 0 Å². The predicted octanol–water partition coefficient (Wildman–Crippen LogP) is 8.54. The van der Waals surface area contributed by atoms with Gasteiger partial charge in [-0.2, -0.15) is 0 Å². The molecule has 6 rings (SSSR count). The van der Waals surface area contributed by atoms with Gasteiger partial charge in [-0.05, 0) is 83.3 Å². The molecule has 51 heavy (non-hydrogen) atoms. The Morgan fingerprint density at radius 2 is 1.51 bits per heavy atom. The van der Waals surface area contributed by atoms with Crippen molar-refractivity contribution in [2.24, 2.45) is 0 Å². The second-order valence-corrected chi connectivity index (χ2v) is 26.4. The minimum atomic E-state index is -2.22. The molecule has 0 amide bonds. The number of fused-ring (bicyclic) bond motifs is 4. The fraction of sp³-hybridized carbons (Fsp3) is 0.463. The predicted molar refractivity (Wildman–Crippen MR) is 209 cm³/mol. The topological polar surface area (TPSA) is 91.5 Å². The van der Waals surface area contributed by atoms with Gasteiger partial charge in [0, 0.05) is 41.0 Å². The highest BCUT2D eigenvalue weighted by molar-refractivity contribution is 6.75. The molecule has 1 atom stereocenters. The molecule has 3 aromatic rings. The molecule has 0 radical (unpaired) electrons. The van der Waals surface area contributed by atoms with Crippen LogP contribution in [0.15, 0.2) is 59.9 Å². The molecule has 2 aromatic carbocycles. The van der Waals surface area contributed by atoms with E-state index in [-0.39, 0.29) is 27.9 Å². The van der Waals surface area contributed by atoms with E-state index >= 15 is 0 Å². The minimum Gasteiger partial charge on any atom is -0.543 e. The normalized spacial score (nSPS) is 17.8. The van der Waals surface area contributed by atoms with E-state index in [9.17, 15) is 10.2 Å². The highest BCUT2D eigenvalue weighted by Gasteiger charge is 2.41. The van der Waals surface area contributed by atoms with Gasteiger partial charge in [-0.3, -0.25) is 4.57 Å². The summed E-state index contributed by atoms with van der Waals surface area (Å²) in [5.41, 5.74) is 4.37. The molecule has 1 saturated heterocycles. The van der Waals surface area contributed by atoms with Crippen LogP contribution in [0.5, 0.6) is 29.0 Å². The fourth-order valence-electron chi connectivity index (χ4n) is 6.15. The standard InChI is InChI=1S/C41H55NO7Si2/c1-40(2,3)50(7,8)48-31-22-29-24-34(27-13-15-30(16-14-27)45-21-19-42-36(43)17-18-37(42)44)47-26-33(29)38-32(25-31)39-28(12-11-20-46-39)23-35(38)49-51(9,10)41(4,5)6/h12-18,22-23,25,34,43-44H,11,19-21,24,26H2,1-10H3. The van der Waals surface area contributed by atoms with Gasteiger partial charge in [0.15, 0.2) is 11.8 Å². The van der Waals surface area contributed by atoms with E-state index in [1.807, 2.05) is 12.1 Å². The third kappa shape index (κ3) is 7.54. The van der Waals surface area contributed by atoms with E-state index in [1.54, 1.807) is 0 Å². The highest BCUT2D eigenvalue weighted by Crippen LogP contribution is 2.43. The Morgan fingerprint density at radius 1 is 0.863 bits per heavy atom. The van der Waals surface area contributed by atoms with Gasteiger partial charge in [0.2, 0.25) is 8.32 Å². The molecule has 3 heterocycles. The van der Waals surface area contributed by atoms with Gasteiger partial charge in [0.25, 0.3) is 8.32 Å². The second kappa shape index (κ2) is 13.6. The van der Waals surface area contributed by atoms with Crippen LogP contribution in [0.25, 0.3) is 17.7 Å². The molecule has 8 nitrogen and oxygen atoms in total. The first-order valence-electron chi connectivity index (χ1n) is 18.1. The molecule has 1 aromatic heterocycles. The number of rotatable bonds is 9. The quantitative estimate of drug-likeness (QED) is 0.214. The summed E-state index contributed by atoms with van der Waals surface area (Å²) in [4.78, 5) is 0. The SMILES string of the molecule is CC(C)(C)[Si](C)(C)OC1=Cc2c3c(cc(O[Si](C)(C)C(C)(C)C)c2=C2COC(c4ccc(OCCn5c(O)ccc5O)cc4)CC2=C1)=CCCO3. The number of aromatic hydroxyl groups is 2. The number of nitrogens with zero attached hydrogens (tertiary/aromatic N) is 1. The zero-order valence-corrected chi connectivity index (χ0v) is 34.0. The maximum Gasteiger partial charge on any atom is 0.250 e. The molecule has 3 aliphatic rings. The summed E-state index contributed by atoms with van der Waals surface area (Å²) in [6.45, 7) is 24.5. The van der Waals surface area contributed by atoms with Crippen molar-refractivity contribution in [2.75, 3.05) is 19.8 Å². The van der Waals surface area contributed by atoms with Crippen molar-refractivity contribution >= 4 is 34.4 Å². The summed E-state index contributed by atoms with van der Waals surface area (Å²) in [5, 5.41) is 22.0. The average molecular weight is 730 g/mol. The van der Waals surface area contributed by atoms with Crippen molar-refractivity contribution in [3.8, 4) is 29.0 Å². The van der Waals surface area contributed by atoms with Gasteiger partial charge in [0.1, 0.15) is 29.6 Å². The number of ether oxygens (including phenoxy) is 3. The van der Waals surface area contributed by atoms with Crippen molar-refractivity contribution in [3.05, 3.63) is 81.4 Å². The maximum absolute atomic E-state index is 9.93. The Hall–Kier alpha value is -3.87. The lowest BCUT2D eigenvalue weighted by molar-refractivity contribution is 0.0673. The zero-order valence-electron chi connectivity index (χ0n) is 32.0. The van der Waals surface area contributed by atoms with Crippen molar-refractivity contribution in [1.29, 1.82) is 0 Å². The summed E-state index contributed by atoms with van der Waals surface area (Å²) < 4.78 is 34.7. The van der Waals surface area contributed by atoms with Crippen LogP contribution in [0.2, 0.25) is 36.3 Å². The molecule has 1 unspecified atom stereocenters. The number of hydrogen-bond donors (Lipinski definition) is 2. The second-order valence-electron chi connectivity index (χ2n) is 17.0. The lowest BCUT2D eigenvalue weighted by Crippen LogP contribution is -2.45. The average Bonchev–Trinajstić information content (AvgIpc) is 3.26. The van der Waals surface area contributed by atoms with E-state index in [0.29, 0.717) is 38.5 Å². The zero-order chi connectivity index (χ0) is 36.9. The molecule has 0 spiro atoms. The Balaban J connectivity index is 1.38. The molecular weight excluding hydrogens is 675 g/mol. The molecule has 2 aliphatic heterocycles. The smallest absolute Gasteiger partial charge is 0.250 e. The van der Waals surface area contributed by atoms with Gasteiger partial charge in [-0.1, -0.05) is 59.8 Å². The van der Waals surface area contributed by atoms with E-state index < -0.39 is 16.6 Å². The summed E-state index contributed by atoms with van der Waals surface area (Å²) in [6, 6.07) is 13.1. The van der Waals surface area contributed by atoms with Gasteiger partial charge in [-0.25, -0.2) is 0 Å². The van der Waals surface area contributed by atoms with Gasteiger partial charge in [0.05, 0.1) is 25.9 Å². The largest absolute Gasteiger partial charge is 0.543 e. The van der Waals surface area contributed by atoms with E-state index in [4.69, 9.17) is 23.1 Å². The molecular formula is C41H55NO7Si2. The van der Waals surface area contributed by atoms with Crippen LogP contribution in [0, 0.1) is 0 Å². The minimum absolute atomic E-state index is 0.00430. The molecule has 2 N–H and O–H groups in total. The maximum atomic E-state index is 9.93. The monoisotopic (exact) mass is 729 g/mol. The number of aromatic nitrogens is 1. The Bertz CT molecular complexity index is 1960. The molecule has 1 aliphatic carbocycles. The van der Waals surface area contributed by atoms with Crippen molar-refractivity contribution < 1.29 is 33.3 Å². The third-order valence-electron chi connectivity index (χ3n) is 11.3. The van der Waals surface area contributed by atoms with Gasteiger partial charge < -0.3 is 33.3 Å².